The van der Waals surface area contributed by atoms with E-state index < -0.39 is 6.23 Å². The second-order valence-electron chi connectivity index (χ2n) is 8.21. The maximum Gasteiger partial charge on any atom is 0.125 e. The number of anilines is 2. The number of benzene rings is 1. The SMILES string of the molecule is CC(O)N1CCC(c2cc3c(Nc4ccc5scnc5c4)ccnc3s2)C1(C)C. The summed E-state index contributed by atoms with van der Waals surface area (Å²) in [5, 5.41) is 14.9. The molecule has 0 spiro atoms. The molecule has 4 aromatic rings. The van der Waals surface area contributed by atoms with Gasteiger partial charge in [-0.1, -0.05) is 0 Å². The molecule has 2 atom stereocenters. The summed E-state index contributed by atoms with van der Waals surface area (Å²) in [5.41, 5.74) is 4.91. The predicted octanol–water partition coefficient (Wildman–Crippen LogP) is 5.56. The maximum absolute atomic E-state index is 10.2. The van der Waals surface area contributed by atoms with Gasteiger partial charge >= 0.3 is 0 Å². The van der Waals surface area contributed by atoms with Crippen molar-refractivity contribution in [1.82, 2.24) is 14.9 Å². The first-order valence-electron chi connectivity index (χ1n) is 9.87. The van der Waals surface area contributed by atoms with E-state index in [-0.39, 0.29) is 5.54 Å². The highest BCUT2D eigenvalue weighted by atomic mass is 32.1. The van der Waals surface area contributed by atoms with Gasteiger partial charge in [-0.25, -0.2) is 9.97 Å². The molecule has 4 heterocycles. The van der Waals surface area contributed by atoms with Crippen LogP contribution in [0.2, 0.25) is 0 Å². The molecule has 3 aromatic heterocycles. The average molecular weight is 425 g/mol. The lowest BCUT2D eigenvalue weighted by Gasteiger charge is -2.37. The molecule has 0 bridgehead atoms. The van der Waals surface area contributed by atoms with Gasteiger partial charge in [-0.15, -0.1) is 22.7 Å². The van der Waals surface area contributed by atoms with E-state index in [1.807, 2.05) is 24.7 Å². The minimum absolute atomic E-state index is 0.0850. The molecule has 0 radical (unpaired) electrons. The Kier molecular flexibility index (Phi) is 4.58. The van der Waals surface area contributed by atoms with E-state index in [0.717, 1.165) is 40.1 Å². The molecule has 1 aliphatic rings. The van der Waals surface area contributed by atoms with Gasteiger partial charge in [0.05, 0.1) is 21.4 Å². The average Bonchev–Trinajstić information content (AvgIpc) is 3.37. The summed E-state index contributed by atoms with van der Waals surface area (Å²) in [6.07, 6.45) is 2.49. The topological polar surface area (TPSA) is 61.3 Å². The van der Waals surface area contributed by atoms with Crippen molar-refractivity contribution in [3.63, 3.8) is 0 Å². The van der Waals surface area contributed by atoms with Crippen LogP contribution in [0.25, 0.3) is 20.4 Å². The minimum atomic E-state index is -0.430. The second kappa shape index (κ2) is 7.02. The van der Waals surface area contributed by atoms with Crippen LogP contribution in [0.5, 0.6) is 0 Å². The van der Waals surface area contributed by atoms with E-state index in [2.05, 4.69) is 58.3 Å². The molecule has 1 saturated heterocycles. The van der Waals surface area contributed by atoms with Crippen molar-refractivity contribution in [2.75, 3.05) is 11.9 Å². The number of fused-ring (bicyclic) bond motifs is 2. The van der Waals surface area contributed by atoms with Gasteiger partial charge in [0, 0.05) is 40.1 Å². The summed E-state index contributed by atoms with van der Waals surface area (Å²) in [6.45, 7) is 7.24. The standard InChI is InChI=1S/C22H24N4OS2/c1-13(27)26-9-7-16(22(26,2)3)20-11-15-17(6-8-23-21(15)29-20)25-14-4-5-19-18(10-14)24-12-28-19/h4-6,8,10-13,16,27H,7,9H2,1-3H3,(H,23,25). The number of aliphatic hydroxyl groups is 1. The van der Waals surface area contributed by atoms with Crippen LogP contribution in [-0.2, 0) is 0 Å². The van der Waals surface area contributed by atoms with Gasteiger partial charge in [0.1, 0.15) is 11.1 Å². The Morgan fingerprint density at radius 2 is 2.10 bits per heavy atom. The van der Waals surface area contributed by atoms with Crippen molar-refractivity contribution in [2.45, 2.75) is 44.9 Å². The first-order chi connectivity index (χ1) is 13.9. The fraction of sp³-hybridized carbons (Fsp3) is 0.364. The maximum atomic E-state index is 10.2. The smallest absolute Gasteiger partial charge is 0.125 e. The van der Waals surface area contributed by atoms with E-state index in [1.165, 1.54) is 9.58 Å². The summed E-state index contributed by atoms with van der Waals surface area (Å²) in [7, 11) is 0. The lowest BCUT2D eigenvalue weighted by atomic mass is 9.87. The van der Waals surface area contributed by atoms with Crippen LogP contribution < -0.4 is 5.32 Å². The van der Waals surface area contributed by atoms with Crippen LogP contribution in [0.4, 0.5) is 11.4 Å². The number of hydrogen-bond donors (Lipinski definition) is 2. The molecular formula is C22H24N4OS2. The summed E-state index contributed by atoms with van der Waals surface area (Å²) < 4.78 is 1.19. The molecule has 7 heteroatoms. The van der Waals surface area contributed by atoms with Gasteiger partial charge in [-0.05, 0) is 57.5 Å². The highest BCUT2D eigenvalue weighted by Crippen LogP contribution is 2.46. The van der Waals surface area contributed by atoms with Crippen molar-refractivity contribution in [2.24, 2.45) is 0 Å². The number of nitrogens with one attached hydrogen (secondary N) is 1. The van der Waals surface area contributed by atoms with E-state index in [4.69, 9.17) is 0 Å². The van der Waals surface area contributed by atoms with Gasteiger partial charge in [-0.3, -0.25) is 4.90 Å². The normalized spacial score (nSPS) is 20.5. The number of aromatic nitrogens is 2. The van der Waals surface area contributed by atoms with E-state index in [1.54, 1.807) is 22.7 Å². The van der Waals surface area contributed by atoms with Crippen molar-refractivity contribution >= 4 is 54.5 Å². The van der Waals surface area contributed by atoms with Gasteiger partial charge < -0.3 is 10.4 Å². The Hall–Kier alpha value is -2.06. The zero-order valence-electron chi connectivity index (χ0n) is 16.7. The molecule has 0 aliphatic carbocycles. The quantitative estimate of drug-likeness (QED) is 0.449. The van der Waals surface area contributed by atoms with Crippen LogP contribution in [-0.4, -0.2) is 38.3 Å². The van der Waals surface area contributed by atoms with E-state index in [9.17, 15) is 5.11 Å². The van der Waals surface area contributed by atoms with Gasteiger partial charge in [0.2, 0.25) is 0 Å². The van der Waals surface area contributed by atoms with Gasteiger partial charge in [0.15, 0.2) is 0 Å². The van der Waals surface area contributed by atoms with Crippen LogP contribution in [0.15, 0.2) is 42.0 Å². The summed E-state index contributed by atoms with van der Waals surface area (Å²) >= 11 is 3.42. The zero-order chi connectivity index (χ0) is 20.2. The third-order valence-electron chi connectivity index (χ3n) is 6.11. The molecule has 2 unspecified atom stereocenters. The number of likely N-dealkylation sites (tertiary alicyclic amines) is 1. The number of aliphatic hydroxyl groups excluding tert-OH is 1. The molecule has 0 saturated carbocycles. The fourth-order valence-corrected chi connectivity index (χ4v) is 6.60. The Balaban J connectivity index is 1.50. The third kappa shape index (κ3) is 3.22. The Morgan fingerprint density at radius 3 is 2.90 bits per heavy atom. The molecule has 5 nitrogen and oxygen atoms in total. The van der Waals surface area contributed by atoms with E-state index >= 15 is 0 Å². The number of nitrogens with zero attached hydrogens (tertiary/aromatic N) is 3. The van der Waals surface area contributed by atoms with E-state index in [0.29, 0.717) is 5.92 Å². The summed E-state index contributed by atoms with van der Waals surface area (Å²) in [6, 6.07) is 10.6. The Bertz CT molecular complexity index is 1180. The highest BCUT2D eigenvalue weighted by molar-refractivity contribution is 7.18. The third-order valence-corrected chi connectivity index (χ3v) is 8.08. The molecule has 2 N–H and O–H groups in total. The molecule has 1 aliphatic heterocycles. The van der Waals surface area contributed by atoms with Crippen LogP contribution in [0.1, 0.15) is 38.0 Å². The Morgan fingerprint density at radius 1 is 1.24 bits per heavy atom. The van der Waals surface area contributed by atoms with Crippen molar-refractivity contribution in [1.29, 1.82) is 0 Å². The first kappa shape index (κ1) is 18.9. The number of pyridine rings is 1. The zero-order valence-corrected chi connectivity index (χ0v) is 18.3. The van der Waals surface area contributed by atoms with Crippen LogP contribution >= 0.6 is 22.7 Å². The fourth-order valence-electron chi connectivity index (χ4n) is 4.60. The molecule has 1 aromatic carbocycles. The number of hydrogen-bond acceptors (Lipinski definition) is 7. The minimum Gasteiger partial charge on any atom is -0.379 e. The molecule has 150 valence electrons. The van der Waals surface area contributed by atoms with Crippen LogP contribution in [0, 0.1) is 0 Å². The molecule has 29 heavy (non-hydrogen) atoms. The lowest BCUT2D eigenvalue weighted by molar-refractivity contribution is -0.0234. The predicted molar refractivity (Wildman–Crippen MR) is 122 cm³/mol. The molecule has 0 amide bonds. The summed E-state index contributed by atoms with van der Waals surface area (Å²) in [5.74, 6) is 0.385. The van der Waals surface area contributed by atoms with Crippen molar-refractivity contribution in [3.05, 3.63) is 46.9 Å². The lowest BCUT2D eigenvalue weighted by Crippen LogP contribution is -2.46. The number of thiophene rings is 1. The Labute approximate surface area is 178 Å². The number of rotatable bonds is 4. The molecular weight excluding hydrogens is 400 g/mol. The number of thiazole rings is 1. The largest absolute Gasteiger partial charge is 0.379 e. The van der Waals surface area contributed by atoms with Crippen molar-refractivity contribution < 1.29 is 5.11 Å². The second-order valence-corrected chi connectivity index (χ2v) is 10.2. The summed E-state index contributed by atoms with van der Waals surface area (Å²) in [4.78, 5) is 13.6. The first-order valence-corrected chi connectivity index (χ1v) is 11.6. The van der Waals surface area contributed by atoms with Gasteiger partial charge in [-0.2, -0.15) is 0 Å². The monoisotopic (exact) mass is 424 g/mol. The van der Waals surface area contributed by atoms with Gasteiger partial charge in [0.25, 0.3) is 0 Å². The molecule has 1 fully saturated rings. The highest BCUT2D eigenvalue weighted by Gasteiger charge is 2.44. The molecule has 5 rings (SSSR count). The van der Waals surface area contributed by atoms with Crippen LogP contribution in [0.3, 0.4) is 0 Å². The van der Waals surface area contributed by atoms with Crippen molar-refractivity contribution in [3.8, 4) is 0 Å².